The van der Waals surface area contributed by atoms with Gasteiger partial charge < -0.3 is 29.7 Å². The van der Waals surface area contributed by atoms with Gasteiger partial charge in [-0.3, -0.25) is 0 Å². The Morgan fingerprint density at radius 3 is 0.651 bits per heavy atom. The molecule has 43 heavy (non-hydrogen) atoms. The predicted molar refractivity (Wildman–Crippen MR) is 170 cm³/mol. The molecule has 0 aliphatic heterocycles. The molecule has 0 fully saturated rings. The Kier molecular flexibility index (Phi) is 33.8. The van der Waals surface area contributed by atoms with Crippen molar-refractivity contribution in [3.63, 3.8) is 0 Å². The normalized spacial score (nSPS) is 11.4. The average Bonchev–Trinajstić information content (AvgIpc) is 2.99. The van der Waals surface area contributed by atoms with Crippen molar-refractivity contribution in [2.75, 3.05) is 0 Å². The van der Waals surface area contributed by atoms with E-state index in [2.05, 4.69) is 62.3 Å². The van der Waals surface area contributed by atoms with Crippen LogP contribution < -0.4 is 15.3 Å². The van der Waals surface area contributed by atoms with Crippen LogP contribution in [-0.4, -0.2) is 17.9 Å². The number of rotatable bonds is 24. The molecule has 0 unspecified atom stereocenters. The van der Waals surface area contributed by atoms with Crippen LogP contribution >= 0.6 is 0 Å². The zero-order chi connectivity index (χ0) is 33.1. The SMILES string of the molecule is CCC(CC)(CC)CCCCC(=O)[O-].CCC(CC)(CC)CCCCC(=O)[O-].CCC(CC)(CC)CCCCC(=O)[O-].[Rh+3]. The Morgan fingerprint density at radius 2 is 0.535 bits per heavy atom. The van der Waals surface area contributed by atoms with E-state index in [1.165, 1.54) is 57.8 Å². The minimum Gasteiger partial charge on any atom is -0.550 e. The first-order chi connectivity index (χ1) is 19.8. The molecule has 0 atom stereocenters. The molecule has 0 aliphatic carbocycles. The van der Waals surface area contributed by atoms with Crippen LogP contribution in [0, 0.1) is 16.2 Å². The van der Waals surface area contributed by atoms with E-state index in [1.807, 2.05) is 0 Å². The van der Waals surface area contributed by atoms with Gasteiger partial charge in [0.2, 0.25) is 0 Å². The van der Waals surface area contributed by atoms with Gasteiger partial charge in [-0.1, -0.05) is 139 Å². The number of hydrogen-bond donors (Lipinski definition) is 0. The van der Waals surface area contributed by atoms with Crippen molar-refractivity contribution >= 4 is 17.9 Å². The molecule has 0 aromatic rings. The summed E-state index contributed by atoms with van der Waals surface area (Å²) in [6.07, 6.45) is 20.3. The topological polar surface area (TPSA) is 120 Å². The fourth-order valence-electron chi connectivity index (χ4n) is 6.15. The molecule has 0 aliphatic rings. The van der Waals surface area contributed by atoms with Crippen LogP contribution in [0.25, 0.3) is 0 Å². The molecule has 7 heteroatoms. The van der Waals surface area contributed by atoms with Crippen molar-refractivity contribution in [1.82, 2.24) is 0 Å². The molecule has 0 aromatic carbocycles. The fraction of sp³-hybridized carbons (Fsp3) is 0.917. The van der Waals surface area contributed by atoms with Gasteiger partial charge in [-0.05, 0) is 74.0 Å². The molecule has 0 spiro atoms. The molecule has 0 saturated carbocycles. The molecule has 0 rings (SSSR count). The predicted octanol–water partition coefficient (Wildman–Crippen LogP) is 7.54. The Labute approximate surface area is 279 Å². The second kappa shape index (κ2) is 29.7. The minimum atomic E-state index is -0.917. The van der Waals surface area contributed by atoms with Crippen molar-refractivity contribution in [3.05, 3.63) is 0 Å². The fourth-order valence-corrected chi connectivity index (χ4v) is 6.15. The number of hydrogen-bond acceptors (Lipinski definition) is 6. The summed E-state index contributed by atoms with van der Waals surface area (Å²) in [7, 11) is 0. The van der Waals surface area contributed by atoms with Crippen LogP contribution in [0.1, 0.15) is 197 Å². The molecular weight excluding hydrogens is 631 g/mol. The van der Waals surface area contributed by atoms with E-state index >= 15 is 0 Å². The quantitative estimate of drug-likeness (QED) is 0.0758. The smallest absolute Gasteiger partial charge is 0.550 e. The van der Waals surface area contributed by atoms with Crippen LogP contribution in [0.4, 0.5) is 0 Å². The van der Waals surface area contributed by atoms with Gasteiger partial charge >= 0.3 is 19.5 Å². The van der Waals surface area contributed by atoms with Crippen molar-refractivity contribution in [3.8, 4) is 0 Å². The first-order valence-corrected chi connectivity index (χ1v) is 17.4. The molecule has 0 saturated heterocycles. The largest absolute Gasteiger partial charge is 3.00 e. The van der Waals surface area contributed by atoms with E-state index in [0.29, 0.717) is 16.2 Å². The molecule has 0 radical (unpaired) electrons. The van der Waals surface area contributed by atoms with Gasteiger partial charge in [-0.2, -0.15) is 0 Å². The maximum absolute atomic E-state index is 10.2. The van der Waals surface area contributed by atoms with E-state index in [0.717, 1.165) is 57.8 Å². The molecular formula is C36H69O6Rh. The van der Waals surface area contributed by atoms with Crippen LogP contribution in [0.5, 0.6) is 0 Å². The third-order valence-electron chi connectivity index (χ3n) is 10.8. The number of carbonyl (C=O) groups excluding carboxylic acids is 3. The number of unbranched alkanes of at least 4 members (excludes halogenated alkanes) is 3. The van der Waals surface area contributed by atoms with Crippen LogP contribution in [0.15, 0.2) is 0 Å². The summed E-state index contributed by atoms with van der Waals surface area (Å²) >= 11 is 0. The molecule has 0 amide bonds. The number of aliphatic carboxylic acids is 3. The van der Waals surface area contributed by atoms with Gasteiger partial charge in [-0.25, -0.2) is 0 Å². The Morgan fingerprint density at radius 1 is 0.372 bits per heavy atom. The first-order valence-electron chi connectivity index (χ1n) is 17.4. The zero-order valence-corrected chi connectivity index (χ0v) is 31.3. The summed E-state index contributed by atoms with van der Waals surface area (Å²) in [5, 5.41) is 30.7. The average molecular weight is 701 g/mol. The van der Waals surface area contributed by atoms with Gasteiger partial charge in [0, 0.05) is 17.9 Å². The van der Waals surface area contributed by atoms with E-state index < -0.39 is 17.9 Å². The van der Waals surface area contributed by atoms with Gasteiger partial charge in [-0.15, -0.1) is 0 Å². The molecule has 6 nitrogen and oxygen atoms in total. The minimum absolute atomic E-state index is 0. The standard InChI is InChI=1S/3C12H24O2.Rh/c3*1-4-12(5-2,6-3)10-8-7-9-11(13)14;/h3*4-10H2,1-3H3,(H,13,14);/q;;;+3/p-3. The molecule has 0 aromatic heterocycles. The van der Waals surface area contributed by atoms with Gasteiger partial charge in [0.1, 0.15) is 0 Å². The van der Waals surface area contributed by atoms with Gasteiger partial charge in [0.05, 0.1) is 0 Å². The number of carbonyl (C=O) groups is 3. The summed E-state index contributed by atoms with van der Waals surface area (Å²) in [6.45, 7) is 20.1. The summed E-state index contributed by atoms with van der Waals surface area (Å²) in [4.78, 5) is 30.7. The number of carboxylic acids is 3. The third kappa shape index (κ3) is 25.0. The van der Waals surface area contributed by atoms with Crippen LogP contribution in [0.3, 0.4) is 0 Å². The Balaban J connectivity index is -0.000000262. The van der Waals surface area contributed by atoms with E-state index in [1.54, 1.807) is 0 Å². The molecule has 0 bridgehead atoms. The Bertz CT molecular complexity index is 552. The summed E-state index contributed by atoms with van der Waals surface area (Å²) < 4.78 is 0. The van der Waals surface area contributed by atoms with E-state index in [9.17, 15) is 29.7 Å². The third-order valence-corrected chi connectivity index (χ3v) is 10.8. The van der Waals surface area contributed by atoms with Gasteiger partial charge in [0.25, 0.3) is 0 Å². The zero-order valence-electron chi connectivity index (χ0n) is 29.6. The van der Waals surface area contributed by atoms with Crippen molar-refractivity contribution in [2.24, 2.45) is 16.2 Å². The molecule has 258 valence electrons. The van der Waals surface area contributed by atoms with E-state index in [4.69, 9.17) is 0 Å². The monoisotopic (exact) mass is 700 g/mol. The maximum Gasteiger partial charge on any atom is 3.00 e. The van der Waals surface area contributed by atoms with Crippen molar-refractivity contribution in [2.45, 2.75) is 197 Å². The first kappa shape index (κ1) is 48.9. The van der Waals surface area contributed by atoms with Crippen LogP contribution in [-0.2, 0) is 33.9 Å². The maximum atomic E-state index is 10.2. The summed E-state index contributed by atoms with van der Waals surface area (Å²) in [6, 6.07) is 0. The van der Waals surface area contributed by atoms with E-state index in [-0.39, 0.29) is 38.7 Å². The Hall–Kier alpha value is -0.967. The van der Waals surface area contributed by atoms with Gasteiger partial charge in [0.15, 0.2) is 0 Å². The molecule has 0 heterocycles. The van der Waals surface area contributed by atoms with Crippen molar-refractivity contribution < 1.29 is 49.2 Å². The summed E-state index contributed by atoms with van der Waals surface area (Å²) in [5.74, 6) is -2.75. The summed E-state index contributed by atoms with van der Waals surface area (Å²) in [5.41, 5.74) is 1.35. The van der Waals surface area contributed by atoms with Crippen LogP contribution in [0.2, 0.25) is 0 Å². The second-order valence-corrected chi connectivity index (χ2v) is 12.4. The van der Waals surface area contributed by atoms with Crippen molar-refractivity contribution in [1.29, 1.82) is 0 Å². The molecule has 0 N–H and O–H groups in total. The second-order valence-electron chi connectivity index (χ2n) is 12.4. The number of carboxylic acid groups (broad SMARTS) is 3.